The third kappa shape index (κ3) is 3.89. The van der Waals surface area contributed by atoms with Crippen LogP contribution in [0, 0.1) is 6.92 Å². The van der Waals surface area contributed by atoms with Gasteiger partial charge in [-0.2, -0.15) is 13.2 Å². The number of fused-ring (bicyclic) bond motifs is 1. The van der Waals surface area contributed by atoms with Crippen LogP contribution >= 0.6 is 0 Å². The van der Waals surface area contributed by atoms with Gasteiger partial charge in [0.25, 0.3) is 5.91 Å². The maximum absolute atomic E-state index is 13.5. The number of aromatic nitrogens is 1. The van der Waals surface area contributed by atoms with Crippen molar-refractivity contribution in [2.45, 2.75) is 32.6 Å². The fraction of sp³-hybridized carbons (Fsp3) is 0.263. The maximum Gasteiger partial charge on any atom is 0.431 e. The summed E-state index contributed by atoms with van der Waals surface area (Å²) in [5, 5.41) is 2.80. The van der Waals surface area contributed by atoms with Crippen LogP contribution in [0.4, 0.5) is 13.2 Å². The number of furan rings is 1. The molecule has 142 valence electrons. The lowest BCUT2D eigenvalue weighted by Gasteiger charge is -2.22. The highest BCUT2D eigenvalue weighted by Crippen LogP contribution is 2.30. The Morgan fingerprint density at radius 2 is 2.00 bits per heavy atom. The Bertz CT molecular complexity index is 1040. The van der Waals surface area contributed by atoms with Crippen molar-refractivity contribution in [1.29, 1.82) is 0 Å². The molecule has 0 saturated heterocycles. The summed E-state index contributed by atoms with van der Waals surface area (Å²) in [6.07, 6.45) is -3.37. The van der Waals surface area contributed by atoms with Crippen LogP contribution < -0.4 is 10.7 Å². The van der Waals surface area contributed by atoms with Gasteiger partial charge in [0.15, 0.2) is 11.2 Å². The first-order valence-electron chi connectivity index (χ1n) is 8.22. The van der Waals surface area contributed by atoms with Gasteiger partial charge < -0.3 is 14.3 Å². The lowest BCUT2D eigenvalue weighted by atomic mass is 10.1. The molecule has 27 heavy (non-hydrogen) atoms. The van der Waals surface area contributed by atoms with Crippen molar-refractivity contribution >= 4 is 16.8 Å². The molecule has 0 aliphatic heterocycles. The number of halogens is 3. The molecule has 1 N–H and O–H groups in total. The van der Waals surface area contributed by atoms with Gasteiger partial charge in [0.1, 0.15) is 5.69 Å². The smallest absolute Gasteiger partial charge is 0.431 e. The minimum atomic E-state index is -4.71. The van der Waals surface area contributed by atoms with Gasteiger partial charge in [-0.05, 0) is 38.1 Å². The van der Waals surface area contributed by atoms with Crippen molar-refractivity contribution < 1.29 is 22.4 Å². The Morgan fingerprint density at radius 3 is 2.63 bits per heavy atom. The number of hydrogen-bond acceptors (Lipinski definition) is 3. The normalized spacial score (nSPS) is 12.9. The standard InChI is InChI=1S/C19H17F3N2O3/c1-11-5-6-14-13(8-11)15(25)9-17(19(20,21)22)24(14)10-12(2)23-18(26)16-4-3-7-27-16/h3-9,12H,10H2,1-2H3,(H,23,26)/t12-/m1/s1. The van der Waals surface area contributed by atoms with Crippen molar-refractivity contribution in [3.8, 4) is 0 Å². The van der Waals surface area contributed by atoms with Gasteiger partial charge in [-0.15, -0.1) is 0 Å². The molecule has 3 aromatic rings. The molecular weight excluding hydrogens is 361 g/mol. The summed E-state index contributed by atoms with van der Waals surface area (Å²) in [7, 11) is 0. The Kier molecular flexibility index (Phi) is 4.82. The third-order valence-corrected chi connectivity index (χ3v) is 4.14. The van der Waals surface area contributed by atoms with Crippen molar-refractivity contribution in [2.75, 3.05) is 0 Å². The fourth-order valence-electron chi connectivity index (χ4n) is 2.95. The molecule has 0 aliphatic carbocycles. The van der Waals surface area contributed by atoms with E-state index in [1.54, 1.807) is 32.0 Å². The second-order valence-electron chi connectivity index (χ2n) is 6.37. The van der Waals surface area contributed by atoms with Crippen molar-refractivity contribution in [3.05, 3.63) is 69.9 Å². The highest BCUT2D eigenvalue weighted by Gasteiger charge is 2.35. The molecular formula is C19H17F3N2O3. The number of nitrogens with zero attached hydrogens (tertiary/aromatic N) is 1. The van der Waals surface area contributed by atoms with Crippen LogP contribution in [-0.4, -0.2) is 16.5 Å². The monoisotopic (exact) mass is 378 g/mol. The number of rotatable bonds is 4. The van der Waals surface area contributed by atoms with Crippen LogP contribution in [0.25, 0.3) is 10.9 Å². The van der Waals surface area contributed by atoms with Crippen molar-refractivity contribution in [1.82, 2.24) is 9.88 Å². The molecule has 1 amide bonds. The highest BCUT2D eigenvalue weighted by molar-refractivity contribution is 5.91. The number of alkyl halides is 3. The zero-order chi connectivity index (χ0) is 19.8. The summed E-state index contributed by atoms with van der Waals surface area (Å²) in [5.74, 6) is -0.458. The van der Waals surface area contributed by atoms with Gasteiger partial charge in [0.05, 0.1) is 11.8 Å². The van der Waals surface area contributed by atoms with Crippen LogP contribution in [0.1, 0.15) is 28.7 Å². The number of nitrogens with one attached hydrogen (secondary N) is 1. The third-order valence-electron chi connectivity index (χ3n) is 4.14. The molecule has 8 heteroatoms. The summed E-state index contributed by atoms with van der Waals surface area (Å²) >= 11 is 0. The van der Waals surface area contributed by atoms with Gasteiger partial charge in [-0.1, -0.05) is 11.6 Å². The molecule has 0 saturated carbocycles. The lowest BCUT2D eigenvalue weighted by Crippen LogP contribution is -2.37. The zero-order valence-electron chi connectivity index (χ0n) is 14.6. The number of aryl methyl sites for hydroxylation is 1. The van der Waals surface area contributed by atoms with Crippen LogP contribution in [0.15, 0.2) is 51.9 Å². The van der Waals surface area contributed by atoms with Gasteiger partial charge in [0.2, 0.25) is 0 Å². The van der Waals surface area contributed by atoms with E-state index in [1.807, 2.05) is 0 Å². The van der Waals surface area contributed by atoms with Crippen molar-refractivity contribution in [2.24, 2.45) is 0 Å². The second kappa shape index (κ2) is 6.94. The van der Waals surface area contributed by atoms with Crippen molar-refractivity contribution in [3.63, 3.8) is 0 Å². The molecule has 1 aromatic carbocycles. The van der Waals surface area contributed by atoms with E-state index in [-0.39, 0.29) is 23.2 Å². The first-order valence-corrected chi connectivity index (χ1v) is 8.22. The Morgan fingerprint density at radius 1 is 1.26 bits per heavy atom. The first kappa shape index (κ1) is 18.8. The largest absolute Gasteiger partial charge is 0.459 e. The summed E-state index contributed by atoms with van der Waals surface area (Å²) in [6, 6.07) is 7.64. The Balaban J connectivity index is 2.02. The van der Waals surface area contributed by atoms with Gasteiger partial charge in [0, 0.05) is 24.0 Å². The average Bonchev–Trinajstić information content (AvgIpc) is 3.11. The molecule has 1 atom stereocenters. The second-order valence-corrected chi connectivity index (χ2v) is 6.37. The molecule has 0 unspecified atom stereocenters. The number of carbonyl (C=O) groups is 1. The molecule has 2 heterocycles. The van der Waals surface area contributed by atoms with E-state index in [9.17, 15) is 22.8 Å². The Hall–Kier alpha value is -3.03. The molecule has 5 nitrogen and oxygen atoms in total. The number of amides is 1. The maximum atomic E-state index is 13.5. The van der Waals surface area contributed by atoms with Crippen LogP contribution in [0.3, 0.4) is 0 Å². The van der Waals surface area contributed by atoms with Gasteiger partial charge in [-0.3, -0.25) is 9.59 Å². The van der Waals surface area contributed by atoms with E-state index < -0.39 is 29.2 Å². The number of pyridine rings is 1. The molecule has 3 rings (SSSR count). The summed E-state index contributed by atoms with van der Waals surface area (Å²) in [4.78, 5) is 24.2. The van der Waals surface area contributed by atoms with Crippen LogP contribution in [0.5, 0.6) is 0 Å². The number of benzene rings is 1. The predicted octanol–water partition coefficient (Wildman–Crippen LogP) is 3.74. The molecule has 2 aromatic heterocycles. The first-order chi connectivity index (χ1) is 12.7. The van der Waals surface area contributed by atoms with E-state index in [4.69, 9.17) is 4.42 Å². The predicted molar refractivity (Wildman–Crippen MR) is 93.6 cm³/mol. The van der Waals surface area contributed by atoms with E-state index in [2.05, 4.69) is 5.32 Å². The molecule has 0 aliphatic rings. The van der Waals surface area contributed by atoms with E-state index in [0.717, 1.165) is 10.1 Å². The van der Waals surface area contributed by atoms with E-state index >= 15 is 0 Å². The minimum absolute atomic E-state index is 0.0679. The number of hydrogen-bond donors (Lipinski definition) is 1. The zero-order valence-corrected chi connectivity index (χ0v) is 14.6. The van der Waals surface area contributed by atoms with E-state index in [0.29, 0.717) is 6.07 Å². The van der Waals surface area contributed by atoms with Crippen LogP contribution in [-0.2, 0) is 12.7 Å². The molecule has 0 radical (unpaired) electrons. The Labute approximate surface area is 152 Å². The van der Waals surface area contributed by atoms with E-state index in [1.165, 1.54) is 18.4 Å². The van der Waals surface area contributed by atoms with Gasteiger partial charge in [-0.25, -0.2) is 0 Å². The topological polar surface area (TPSA) is 64.2 Å². The fourth-order valence-corrected chi connectivity index (χ4v) is 2.95. The molecule has 0 spiro atoms. The highest BCUT2D eigenvalue weighted by atomic mass is 19.4. The summed E-state index contributed by atoms with van der Waals surface area (Å²) < 4.78 is 46.5. The summed E-state index contributed by atoms with van der Waals surface area (Å²) in [5.41, 5.74) is -0.808. The molecule has 0 fully saturated rings. The SMILES string of the molecule is Cc1ccc2c(c1)c(=O)cc(C(F)(F)F)n2C[C@@H](C)NC(=O)c1ccco1. The van der Waals surface area contributed by atoms with Gasteiger partial charge >= 0.3 is 6.18 Å². The lowest BCUT2D eigenvalue weighted by molar-refractivity contribution is -0.143. The number of carbonyl (C=O) groups excluding carboxylic acids is 1. The summed E-state index contributed by atoms with van der Waals surface area (Å²) in [6.45, 7) is 3.17. The van der Waals surface area contributed by atoms with Crippen LogP contribution in [0.2, 0.25) is 0 Å². The quantitative estimate of drug-likeness (QED) is 0.752. The molecule has 0 bridgehead atoms. The average molecular weight is 378 g/mol. The minimum Gasteiger partial charge on any atom is -0.459 e.